The van der Waals surface area contributed by atoms with Crippen LogP contribution in [0, 0.1) is 23.2 Å². The first kappa shape index (κ1) is 20.1. The van der Waals surface area contributed by atoms with Gasteiger partial charge in [0.2, 0.25) is 5.91 Å². The summed E-state index contributed by atoms with van der Waals surface area (Å²) in [6.45, 7) is 8.71. The van der Waals surface area contributed by atoms with Crippen molar-refractivity contribution in [3.05, 3.63) is 30.1 Å². The molecule has 0 radical (unpaired) electrons. The number of fused-ring (bicyclic) bond motifs is 5. The summed E-state index contributed by atoms with van der Waals surface area (Å²) < 4.78 is 5.87. The van der Waals surface area contributed by atoms with E-state index in [1.54, 1.807) is 0 Å². The van der Waals surface area contributed by atoms with E-state index < -0.39 is 0 Å². The van der Waals surface area contributed by atoms with Crippen molar-refractivity contribution >= 4 is 11.5 Å². The molecule has 3 fully saturated rings. The van der Waals surface area contributed by atoms with Gasteiger partial charge in [0.25, 0.3) is 0 Å². The van der Waals surface area contributed by atoms with Gasteiger partial charge in [0.05, 0.1) is 12.8 Å². The second-order valence-corrected chi connectivity index (χ2v) is 10.5. The number of carbonyl (C=O) groups excluding carboxylic acids is 1. The Morgan fingerprint density at radius 1 is 1.20 bits per heavy atom. The highest BCUT2D eigenvalue weighted by Crippen LogP contribution is 2.63. The van der Waals surface area contributed by atoms with Crippen LogP contribution in [0.3, 0.4) is 0 Å². The standard InChI is InChI=1S/C26H36N2O2/c1-4-14-30-19-15-18(16-27-17-19)21-7-8-22-20-6-9-24(29)28-13-5-11-26(28,3)23(20)10-12-25(21,22)2/h7,15-17,20,22-23H,4-6,8-14H2,1-3H3/t20-,22-,23?,25+,26+/m0/s1. The van der Waals surface area contributed by atoms with Gasteiger partial charge in [-0.25, -0.2) is 0 Å². The van der Waals surface area contributed by atoms with Gasteiger partial charge < -0.3 is 9.64 Å². The molecular formula is C26H36N2O2. The van der Waals surface area contributed by atoms with Crippen molar-refractivity contribution in [2.75, 3.05) is 13.2 Å². The zero-order chi connectivity index (χ0) is 20.9. The van der Waals surface area contributed by atoms with Crippen LogP contribution in [0.4, 0.5) is 0 Å². The first-order valence-corrected chi connectivity index (χ1v) is 12.1. The fourth-order valence-corrected chi connectivity index (χ4v) is 7.55. The van der Waals surface area contributed by atoms with Gasteiger partial charge in [-0.1, -0.05) is 19.9 Å². The summed E-state index contributed by atoms with van der Waals surface area (Å²) in [6.07, 6.45) is 15.1. The molecular weight excluding hydrogens is 372 g/mol. The Kier molecular flexibility index (Phi) is 4.95. The van der Waals surface area contributed by atoms with Crippen molar-refractivity contribution in [3.63, 3.8) is 0 Å². The number of allylic oxidation sites excluding steroid dienone is 2. The summed E-state index contributed by atoms with van der Waals surface area (Å²) >= 11 is 0. The van der Waals surface area contributed by atoms with Crippen LogP contribution in [0.2, 0.25) is 0 Å². The van der Waals surface area contributed by atoms with Crippen molar-refractivity contribution in [2.45, 2.75) is 77.7 Å². The molecule has 4 aliphatic rings. The zero-order valence-corrected chi connectivity index (χ0v) is 18.8. The molecule has 30 heavy (non-hydrogen) atoms. The van der Waals surface area contributed by atoms with Crippen molar-refractivity contribution in [3.8, 4) is 5.75 Å². The molecule has 1 aromatic heterocycles. The maximum absolute atomic E-state index is 12.9. The average Bonchev–Trinajstić information content (AvgIpc) is 3.28. The minimum atomic E-state index is 0.0811. The third-order valence-electron chi connectivity index (χ3n) is 8.99. The van der Waals surface area contributed by atoms with Crippen LogP contribution in [0.25, 0.3) is 5.57 Å². The van der Waals surface area contributed by atoms with E-state index in [4.69, 9.17) is 4.74 Å². The molecule has 4 nitrogen and oxygen atoms in total. The minimum Gasteiger partial charge on any atom is -0.492 e. The lowest BCUT2D eigenvalue weighted by Gasteiger charge is -2.53. The van der Waals surface area contributed by atoms with E-state index >= 15 is 0 Å². The Bertz CT molecular complexity index is 864. The van der Waals surface area contributed by atoms with Crippen LogP contribution < -0.4 is 4.74 Å². The molecule has 5 atom stereocenters. The molecule has 1 saturated carbocycles. The molecule has 1 aromatic rings. The summed E-state index contributed by atoms with van der Waals surface area (Å²) in [5, 5.41) is 0. The summed E-state index contributed by atoms with van der Waals surface area (Å²) in [5.74, 6) is 3.21. The topological polar surface area (TPSA) is 42.4 Å². The zero-order valence-electron chi connectivity index (χ0n) is 18.8. The minimum absolute atomic E-state index is 0.0811. The Morgan fingerprint density at radius 2 is 2.07 bits per heavy atom. The summed E-state index contributed by atoms with van der Waals surface area (Å²) in [7, 11) is 0. The van der Waals surface area contributed by atoms with Crippen molar-refractivity contribution in [1.82, 2.24) is 9.88 Å². The van der Waals surface area contributed by atoms with Crippen LogP contribution in [0.5, 0.6) is 5.75 Å². The Balaban J connectivity index is 1.44. The second kappa shape index (κ2) is 7.39. The average molecular weight is 409 g/mol. The van der Waals surface area contributed by atoms with Crippen LogP contribution in [0.15, 0.2) is 24.5 Å². The molecule has 2 aliphatic heterocycles. The molecule has 2 saturated heterocycles. The van der Waals surface area contributed by atoms with E-state index in [0.717, 1.165) is 44.6 Å². The van der Waals surface area contributed by atoms with Crippen molar-refractivity contribution < 1.29 is 9.53 Å². The molecule has 4 heteroatoms. The quantitative estimate of drug-likeness (QED) is 0.662. The largest absolute Gasteiger partial charge is 0.492 e. The van der Waals surface area contributed by atoms with Crippen LogP contribution in [-0.4, -0.2) is 34.5 Å². The lowest BCUT2D eigenvalue weighted by Crippen LogP contribution is -2.53. The number of aromatic nitrogens is 1. The lowest BCUT2D eigenvalue weighted by molar-refractivity contribution is -0.135. The van der Waals surface area contributed by atoms with E-state index in [1.165, 1.54) is 36.8 Å². The van der Waals surface area contributed by atoms with Gasteiger partial charge in [-0.3, -0.25) is 9.78 Å². The first-order valence-electron chi connectivity index (χ1n) is 12.1. The van der Waals surface area contributed by atoms with Crippen molar-refractivity contribution in [1.29, 1.82) is 0 Å². The van der Waals surface area contributed by atoms with Crippen molar-refractivity contribution in [2.24, 2.45) is 23.2 Å². The van der Waals surface area contributed by atoms with E-state index in [0.29, 0.717) is 23.7 Å². The third kappa shape index (κ3) is 2.93. The van der Waals surface area contributed by atoms with E-state index in [-0.39, 0.29) is 11.0 Å². The number of hydrogen-bond acceptors (Lipinski definition) is 3. The molecule has 1 amide bonds. The number of nitrogens with zero attached hydrogens (tertiary/aromatic N) is 2. The van der Waals surface area contributed by atoms with Crippen LogP contribution >= 0.6 is 0 Å². The van der Waals surface area contributed by atoms with Gasteiger partial charge >= 0.3 is 0 Å². The fourth-order valence-electron chi connectivity index (χ4n) is 7.55. The SMILES string of the molecule is CCCOc1cncc(C2=CC[C@H]3[C@@H]4CCC(=O)N5CCC[C@]5(C)C4CC[C@]23C)c1. The summed E-state index contributed by atoms with van der Waals surface area (Å²) in [4.78, 5) is 19.7. The molecule has 0 aromatic carbocycles. The maximum atomic E-state index is 12.9. The molecule has 3 heterocycles. The highest BCUT2D eigenvalue weighted by atomic mass is 16.5. The van der Waals surface area contributed by atoms with E-state index in [2.05, 4.69) is 42.8 Å². The molecule has 5 rings (SSSR count). The molecule has 0 bridgehead atoms. The normalized spacial score (nSPS) is 37.8. The molecule has 0 N–H and O–H groups in total. The predicted octanol–water partition coefficient (Wildman–Crippen LogP) is 5.48. The van der Waals surface area contributed by atoms with E-state index in [1.807, 2.05) is 12.4 Å². The predicted molar refractivity (Wildman–Crippen MR) is 119 cm³/mol. The van der Waals surface area contributed by atoms with Gasteiger partial charge in [0, 0.05) is 24.7 Å². The lowest BCUT2D eigenvalue weighted by atomic mass is 9.54. The number of ether oxygens (including phenoxy) is 1. The highest BCUT2D eigenvalue weighted by molar-refractivity contribution is 5.78. The number of hydrogen-bond donors (Lipinski definition) is 0. The van der Waals surface area contributed by atoms with Gasteiger partial charge in [-0.2, -0.15) is 0 Å². The summed E-state index contributed by atoms with van der Waals surface area (Å²) in [6, 6.07) is 2.19. The Hall–Kier alpha value is -1.84. The second-order valence-electron chi connectivity index (χ2n) is 10.5. The number of amides is 1. The monoisotopic (exact) mass is 408 g/mol. The van der Waals surface area contributed by atoms with E-state index in [9.17, 15) is 4.79 Å². The smallest absolute Gasteiger partial charge is 0.223 e. The molecule has 1 unspecified atom stereocenters. The third-order valence-corrected chi connectivity index (χ3v) is 8.99. The van der Waals surface area contributed by atoms with Gasteiger partial charge in [-0.15, -0.1) is 0 Å². The fraction of sp³-hybridized carbons (Fsp3) is 0.692. The Labute approximate surface area is 181 Å². The van der Waals surface area contributed by atoms with Crippen LogP contribution in [0.1, 0.15) is 77.7 Å². The number of rotatable bonds is 4. The van der Waals surface area contributed by atoms with Gasteiger partial charge in [-0.05, 0) is 92.2 Å². The number of carbonyl (C=O) groups is 1. The molecule has 2 aliphatic carbocycles. The van der Waals surface area contributed by atoms with Gasteiger partial charge in [0.1, 0.15) is 5.75 Å². The highest BCUT2D eigenvalue weighted by Gasteiger charge is 2.58. The molecule has 162 valence electrons. The summed E-state index contributed by atoms with van der Waals surface area (Å²) in [5.41, 5.74) is 2.95. The maximum Gasteiger partial charge on any atom is 0.223 e. The number of pyridine rings is 1. The Morgan fingerprint density at radius 3 is 2.90 bits per heavy atom. The first-order chi connectivity index (χ1) is 14.5. The van der Waals surface area contributed by atoms with Crippen LogP contribution in [-0.2, 0) is 4.79 Å². The van der Waals surface area contributed by atoms with Gasteiger partial charge in [0.15, 0.2) is 0 Å². The molecule has 0 spiro atoms.